The second kappa shape index (κ2) is 7.16. The number of benzene rings is 1. The lowest BCUT2D eigenvalue weighted by Crippen LogP contribution is -2.32. The van der Waals surface area contributed by atoms with Crippen molar-refractivity contribution in [3.63, 3.8) is 0 Å². The minimum atomic E-state index is -0.642. The predicted molar refractivity (Wildman–Crippen MR) is 66.6 cm³/mol. The fourth-order valence-electron chi connectivity index (χ4n) is 1.23. The topological polar surface area (TPSA) is 76.7 Å². The van der Waals surface area contributed by atoms with Gasteiger partial charge in [-0.1, -0.05) is 0 Å². The molecule has 18 heavy (non-hydrogen) atoms. The molecule has 0 saturated carbocycles. The van der Waals surface area contributed by atoms with E-state index in [0.29, 0.717) is 12.3 Å². The fourth-order valence-corrected chi connectivity index (χ4v) is 1.23. The van der Waals surface area contributed by atoms with Crippen molar-refractivity contribution in [1.29, 1.82) is 0 Å². The second-order valence-electron chi connectivity index (χ2n) is 3.35. The van der Waals surface area contributed by atoms with E-state index in [1.54, 1.807) is 24.3 Å². The number of rotatable bonds is 5. The molecule has 0 atom stereocenters. The molecule has 0 aliphatic rings. The molecule has 1 aromatic rings. The first-order valence-corrected chi connectivity index (χ1v) is 5.50. The molecular weight excluding hydrogens is 236 g/mol. The molecule has 0 radical (unpaired) electrons. The van der Waals surface area contributed by atoms with Crippen molar-refractivity contribution in [1.82, 2.24) is 5.32 Å². The van der Waals surface area contributed by atoms with Crippen LogP contribution < -0.4 is 15.4 Å². The van der Waals surface area contributed by atoms with Gasteiger partial charge in [0.2, 0.25) is 5.91 Å². The summed E-state index contributed by atoms with van der Waals surface area (Å²) in [6.07, 6.45) is -0.642. The van der Waals surface area contributed by atoms with Gasteiger partial charge in [0, 0.05) is 5.69 Å². The third-order valence-electron chi connectivity index (χ3n) is 2.03. The minimum Gasteiger partial charge on any atom is -0.494 e. The minimum absolute atomic E-state index is 0.139. The number of carbonyl (C=O) groups excluding carboxylic acids is 2. The lowest BCUT2D eigenvalue weighted by atomic mass is 10.3. The fraction of sp³-hybridized carbons (Fsp3) is 0.333. The average Bonchev–Trinajstić information content (AvgIpc) is 2.38. The Labute approximate surface area is 105 Å². The molecule has 0 fully saturated rings. The molecule has 0 aromatic heterocycles. The van der Waals surface area contributed by atoms with Gasteiger partial charge in [-0.2, -0.15) is 0 Å². The van der Waals surface area contributed by atoms with Gasteiger partial charge in [-0.15, -0.1) is 0 Å². The average molecular weight is 252 g/mol. The van der Waals surface area contributed by atoms with Crippen LogP contribution in [0.4, 0.5) is 10.5 Å². The number of carbonyl (C=O) groups is 2. The highest BCUT2D eigenvalue weighted by molar-refractivity contribution is 5.93. The highest BCUT2D eigenvalue weighted by Crippen LogP contribution is 2.15. The first-order valence-electron chi connectivity index (χ1n) is 5.50. The van der Waals surface area contributed by atoms with Crippen molar-refractivity contribution in [2.24, 2.45) is 0 Å². The number of anilines is 1. The summed E-state index contributed by atoms with van der Waals surface area (Å²) in [6.45, 7) is 2.35. The van der Waals surface area contributed by atoms with Crippen molar-refractivity contribution in [2.75, 3.05) is 25.6 Å². The second-order valence-corrected chi connectivity index (χ2v) is 3.35. The van der Waals surface area contributed by atoms with Gasteiger partial charge >= 0.3 is 6.09 Å². The highest BCUT2D eigenvalue weighted by Gasteiger charge is 2.05. The summed E-state index contributed by atoms with van der Waals surface area (Å²) in [5, 5.41) is 4.91. The van der Waals surface area contributed by atoms with Gasteiger partial charge in [0.25, 0.3) is 0 Å². The van der Waals surface area contributed by atoms with Crippen molar-refractivity contribution < 1.29 is 19.1 Å². The van der Waals surface area contributed by atoms with Crippen LogP contribution in [0.5, 0.6) is 5.75 Å². The molecule has 0 bridgehead atoms. The first kappa shape index (κ1) is 13.8. The van der Waals surface area contributed by atoms with Crippen LogP contribution in [0.2, 0.25) is 0 Å². The number of hydrogen-bond acceptors (Lipinski definition) is 4. The van der Waals surface area contributed by atoms with Gasteiger partial charge in [0.05, 0.1) is 13.7 Å². The van der Waals surface area contributed by atoms with Crippen molar-refractivity contribution in [2.45, 2.75) is 6.92 Å². The maximum absolute atomic E-state index is 11.4. The lowest BCUT2D eigenvalue weighted by molar-refractivity contribution is -0.115. The zero-order valence-corrected chi connectivity index (χ0v) is 10.4. The van der Waals surface area contributed by atoms with E-state index in [9.17, 15) is 9.59 Å². The maximum Gasteiger partial charge on any atom is 0.407 e. The summed E-state index contributed by atoms with van der Waals surface area (Å²) < 4.78 is 9.62. The van der Waals surface area contributed by atoms with E-state index < -0.39 is 6.09 Å². The van der Waals surface area contributed by atoms with Crippen LogP contribution in [0.25, 0.3) is 0 Å². The number of ether oxygens (including phenoxy) is 2. The van der Waals surface area contributed by atoms with Crippen molar-refractivity contribution in [3.05, 3.63) is 24.3 Å². The SMILES string of the molecule is CCOc1ccc(NC(=O)CNC(=O)OC)cc1. The van der Waals surface area contributed by atoms with Gasteiger partial charge < -0.3 is 20.1 Å². The third kappa shape index (κ3) is 4.73. The Balaban J connectivity index is 2.42. The molecule has 6 heteroatoms. The molecule has 0 aliphatic carbocycles. The monoisotopic (exact) mass is 252 g/mol. The van der Waals surface area contributed by atoms with E-state index in [0.717, 1.165) is 5.75 Å². The van der Waals surface area contributed by atoms with Crippen LogP contribution in [0.1, 0.15) is 6.92 Å². The van der Waals surface area contributed by atoms with Gasteiger partial charge in [0.15, 0.2) is 0 Å². The number of amides is 2. The van der Waals surface area contributed by atoms with Gasteiger partial charge in [-0.3, -0.25) is 4.79 Å². The van der Waals surface area contributed by atoms with Crippen LogP contribution in [-0.2, 0) is 9.53 Å². The van der Waals surface area contributed by atoms with Crippen LogP contribution in [0.3, 0.4) is 0 Å². The third-order valence-corrected chi connectivity index (χ3v) is 2.03. The van der Waals surface area contributed by atoms with Crippen LogP contribution in [0, 0.1) is 0 Å². The lowest BCUT2D eigenvalue weighted by Gasteiger charge is -2.07. The molecule has 0 spiro atoms. The summed E-state index contributed by atoms with van der Waals surface area (Å²) in [5.74, 6) is 0.410. The van der Waals surface area contributed by atoms with Crippen molar-refractivity contribution in [3.8, 4) is 5.75 Å². The standard InChI is InChI=1S/C12H16N2O4/c1-3-18-10-6-4-9(5-7-10)14-11(15)8-13-12(16)17-2/h4-7H,3,8H2,1-2H3,(H,13,16)(H,14,15). The smallest absolute Gasteiger partial charge is 0.407 e. The highest BCUT2D eigenvalue weighted by atomic mass is 16.5. The summed E-state index contributed by atoms with van der Waals surface area (Å²) in [6, 6.07) is 6.96. The Bertz CT molecular complexity index is 403. The Morgan fingerprint density at radius 3 is 2.44 bits per heavy atom. The number of methoxy groups -OCH3 is 1. The van der Waals surface area contributed by atoms with Crippen LogP contribution >= 0.6 is 0 Å². The molecule has 1 rings (SSSR count). The van der Waals surface area contributed by atoms with Gasteiger partial charge in [-0.25, -0.2) is 4.79 Å². The van der Waals surface area contributed by atoms with E-state index in [1.807, 2.05) is 6.92 Å². The summed E-state index contributed by atoms with van der Waals surface area (Å²) in [5.41, 5.74) is 0.634. The van der Waals surface area contributed by atoms with Crippen LogP contribution in [-0.4, -0.2) is 32.3 Å². The largest absolute Gasteiger partial charge is 0.494 e. The molecule has 2 N–H and O–H groups in total. The first-order chi connectivity index (χ1) is 8.65. The number of hydrogen-bond donors (Lipinski definition) is 2. The Morgan fingerprint density at radius 2 is 1.89 bits per heavy atom. The molecule has 1 aromatic carbocycles. The molecule has 2 amide bonds. The molecule has 0 saturated heterocycles. The van der Waals surface area contributed by atoms with Gasteiger partial charge in [0.1, 0.15) is 12.3 Å². The van der Waals surface area contributed by atoms with Gasteiger partial charge in [-0.05, 0) is 31.2 Å². The quantitative estimate of drug-likeness (QED) is 0.830. The zero-order chi connectivity index (χ0) is 13.4. The van der Waals surface area contributed by atoms with E-state index >= 15 is 0 Å². The molecule has 0 unspecified atom stereocenters. The van der Waals surface area contributed by atoms with E-state index in [2.05, 4.69) is 15.4 Å². The van der Waals surface area contributed by atoms with E-state index in [-0.39, 0.29) is 12.5 Å². The van der Waals surface area contributed by atoms with Crippen LogP contribution in [0.15, 0.2) is 24.3 Å². The molecular formula is C12H16N2O4. The predicted octanol–water partition coefficient (Wildman–Crippen LogP) is 1.38. The maximum atomic E-state index is 11.4. The Kier molecular flexibility index (Phi) is 5.50. The zero-order valence-electron chi connectivity index (χ0n) is 10.4. The van der Waals surface area contributed by atoms with Crippen molar-refractivity contribution >= 4 is 17.7 Å². The molecule has 98 valence electrons. The number of alkyl carbamates (subject to hydrolysis) is 1. The Morgan fingerprint density at radius 1 is 1.22 bits per heavy atom. The summed E-state index contributed by atoms with van der Waals surface area (Å²) in [7, 11) is 1.24. The van der Waals surface area contributed by atoms with E-state index in [4.69, 9.17) is 4.74 Å². The molecule has 0 aliphatic heterocycles. The van der Waals surface area contributed by atoms with E-state index in [1.165, 1.54) is 7.11 Å². The molecule has 0 heterocycles. The summed E-state index contributed by atoms with van der Waals surface area (Å²) >= 11 is 0. The molecule has 6 nitrogen and oxygen atoms in total. The Hall–Kier alpha value is -2.24. The normalized spacial score (nSPS) is 9.44. The summed E-state index contributed by atoms with van der Waals surface area (Å²) in [4.78, 5) is 22.2. The number of nitrogens with one attached hydrogen (secondary N) is 2.